The van der Waals surface area contributed by atoms with Crippen LogP contribution in [0, 0.1) is 0 Å². The summed E-state index contributed by atoms with van der Waals surface area (Å²) in [6.07, 6.45) is 3.28. The van der Waals surface area contributed by atoms with Gasteiger partial charge in [0.05, 0.1) is 6.10 Å². The van der Waals surface area contributed by atoms with Crippen molar-refractivity contribution < 1.29 is 12.6 Å². The summed E-state index contributed by atoms with van der Waals surface area (Å²) in [6.45, 7) is 0. The molecule has 1 rings (SSSR count). The minimum atomic E-state index is -3.56. The average molecular weight is 226 g/mol. The Morgan fingerprint density at radius 2 is 1.85 bits per heavy atom. The molecule has 1 aliphatic carbocycles. The summed E-state index contributed by atoms with van der Waals surface area (Å²) in [4.78, 5) is 0. The molecule has 0 radical (unpaired) electrons. The van der Waals surface area contributed by atoms with Gasteiger partial charge in [0.2, 0.25) is 0 Å². The van der Waals surface area contributed by atoms with E-state index in [1.807, 2.05) is 0 Å². The van der Waals surface area contributed by atoms with Gasteiger partial charge in [-0.15, -0.1) is 0 Å². The summed E-state index contributed by atoms with van der Waals surface area (Å²) in [5.74, 6) is 0. The van der Waals surface area contributed by atoms with Crippen LogP contribution < -0.4 is 9.86 Å². The van der Waals surface area contributed by atoms with Gasteiger partial charge in [0, 0.05) is 6.04 Å². The predicted octanol–water partition coefficient (Wildman–Crippen LogP) is -0.0479. The van der Waals surface area contributed by atoms with Crippen molar-refractivity contribution >= 4 is 23.1 Å². The molecule has 1 aliphatic rings. The second-order valence-corrected chi connectivity index (χ2v) is 4.78. The molecule has 1 fully saturated rings. The van der Waals surface area contributed by atoms with Crippen molar-refractivity contribution in [3.63, 3.8) is 0 Å². The summed E-state index contributed by atoms with van der Waals surface area (Å²) in [6, 6.07) is -0.0465. The van der Waals surface area contributed by atoms with E-state index in [0.29, 0.717) is 0 Å². The van der Waals surface area contributed by atoms with Gasteiger partial charge in [0.25, 0.3) is 10.2 Å². The maximum Gasteiger partial charge on any atom is 0.274 e. The van der Waals surface area contributed by atoms with Crippen LogP contribution in [-0.4, -0.2) is 20.6 Å². The van der Waals surface area contributed by atoms with E-state index in [0.717, 1.165) is 25.7 Å². The molecule has 0 heterocycles. The predicted molar refractivity (Wildman–Crippen MR) is 52.4 cm³/mol. The molecule has 3 N–H and O–H groups in total. The zero-order valence-corrected chi connectivity index (χ0v) is 8.85. The van der Waals surface area contributed by atoms with E-state index in [1.54, 1.807) is 0 Å². The highest BCUT2D eigenvalue weighted by Gasteiger charge is 2.23. The molecule has 0 unspecified atom stereocenters. The van der Waals surface area contributed by atoms with Gasteiger partial charge in [-0.25, -0.2) is 5.14 Å². The number of nitrogens with two attached hydrogens (primary N) is 1. The van der Waals surface area contributed by atoms with Crippen molar-refractivity contribution in [1.29, 1.82) is 0 Å². The van der Waals surface area contributed by atoms with E-state index in [9.17, 15) is 8.42 Å². The number of hydrogen-bond acceptors (Lipinski definition) is 4. The van der Waals surface area contributed by atoms with Crippen molar-refractivity contribution in [3.05, 3.63) is 0 Å². The van der Waals surface area contributed by atoms with Crippen LogP contribution in [0.15, 0.2) is 0 Å². The van der Waals surface area contributed by atoms with Crippen molar-refractivity contribution in [2.45, 2.75) is 37.8 Å². The van der Waals surface area contributed by atoms with Crippen LogP contribution in [0.5, 0.6) is 0 Å². The SMILES string of the molecule is NS(=O)(=O)N[C@H]1CC[C@H](OS)CC1. The molecule has 0 saturated heterocycles. The monoisotopic (exact) mass is 226 g/mol. The minimum absolute atomic E-state index is 0.0465. The lowest BCUT2D eigenvalue weighted by Crippen LogP contribution is -2.42. The van der Waals surface area contributed by atoms with Crippen LogP contribution >= 0.6 is 12.9 Å². The second kappa shape index (κ2) is 4.61. The minimum Gasteiger partial charge on any atom is -0.315 e. The third kappa shape index (κ3) is 4.28. The maximum absolute atomic E-state index is 10.7. The molecule has 0 aromatic carbocycles. The first-order valence-corrected chi connectivity index (χ1v) is 6.02. The summed E-state index contributed by atoms with van der Waals surface area (Å²) in [5, 5.41) is 4.85. The van der Waals surface area contributed by atoms with Crippen molar-refractivity contribution in [2.24, 2.45) is 5.14 Å². The molecule has 0 bridgehead atoms. The van der Waals surface area contributed by atoms with E-state index in [4.69, 9.17) is 9.32 Å². The zero-order valence-electron chi connectivity index (χ0n) is 7.14. The van der Waals surface area contributed by atoms with Crippen molar-refractivity contribution in [3.8, 4) is 0 Å². The molecule has 0 aliphatic heterocycles. The lowest BCUT2D eigenvalue weighted by molar-refractivity contribution is 0.175. The maximum atomic E-state index is 10.7. The Hall–Kier alpha value is 0.180. The Bertz CT molecular complexity index is 247. The van der Waals surface area contributed by atoms with Crippen LogP contribution in [0.1, 0.15) is 25.7 Å². The Morgan fingerprint density at radius 3 is 2.23 bits per heavy atom. The molecule has 5 nitrogen and oxygen atoms in total. The molecule has 1 saturated carbocycles. The van der Waals surface area contributed by atoms with Gasteiger partial charge in [-0.05, 0) is 38.6 Å². The number of rotatable bonds is 3. The molecule has 78 valence electrons. The smallest absolute Gasteiger partial charge is 0.274 e. The van der Waals surface area contributed by atoms with Crippen molar-refractivity contribution in [2.75, 3.05) is 0 Å². The van der Waals surface area contributed by atoms with Gasteiger partial charge in [-0.1, -0.05) is 0 Å². The Balaban J connectivity index is 2.33. The van der Waals surface area contributed by atoms with Crippen molar-refractivity contribution in [1.82, 2.24) is 4.72 Å². The van der Waals surface area contributed by atoms with E-state index in [1.165, 1.54) is 0 Å². The largest absolute Gasteiger partial charge is 0.315 e. The highest BCUT2D eigenvalue weighted by molar-refractivity contribution is 7.87. The summed E-state index contributed by atoms with van der Waals surface area (Å²) in [5.41, 5.74) is 0. The molecular formula is C6H14N2O3S2. The van der Waals surface area contributed by atoms with Crippen LogP contribution in [0.2, 0.25) is 0 Å². The number of hydrogen-bond donors (Lipinski definition) is 3. The van der Waals surface area contributed by atoms with Crippen LogP contribution in [0.25, 0.3) is 0 Å². The lowest BCUT2D eigenvalue weighted by Gasteiger charge is -2.26. The first kappa shape index (κ1) is 11.3. The summed E-state index contributed by atoms with van der Waals surface area (Å²) >= 11 is 3.72. The number of thiol groups is 1. The molecule has 13 heavy (non-hydrogen) atoms. The first-order chi connectivity index (χ1) is 6.01. The van der Waals surface area contributed by atoms with Gasteiger partial charge >= 0.3 is 0 Å². The summed E-state index contributed by atoms with van der Waals surface area (Å²) in [7, 11) is -3.56. The van der Waals surface area contributed by atoms with E-state index in [2.05, 4.69) is 17.6 Å². The third-order valence-corrected chi connectivity index (χ3v) is 3.11. The lowest BCUT2D eigenvalue weighted by atomic mass is 9.94. The van der Waals surface area contributed by atoms with Gasteiger partial charge < -0.3 is 4.18 Å². The second-order valence-electron chi connectivity index (χ2n) is 3.24. The molecule has 0 aromatic rings. The van der Waals surface area contributed by atoms with Crippen LogP contribution in [0.3, 0.4) is 0 Å². The fraction of sp³-hybridized carbons (Fsp3) is 1.00. The Labute approximate surface area is 83.8 Å². The summed E-state index contributed by atoms with van der Waals surface area (Å²) < 4.78 is 28.6. The Morgan fingerprint density at radius 1 is 1.31 bits per heavy atom. The standard InChI is InChI=1S/C6H14N2O3S2/c7-13(9,10)8-5-1-3-6(11-12)4-2-5/h5-6,8,12H,1-4H2,(H2,7,9,10)/t5-,6-. The third-order valence-electron chi connectivity index (χ3n) is 2.15. The molecule has 0 atom stereocenters. The van der Waals surface area contributed by atoms with Crippen LogP contribution in [0.4, 0.5) is 0 Å². The average Bonchev–Trinajstić information content (AvgIpc) is 2.03. The van der Waals surface area contributed by atoms with E-state index < -0.39 is 10.2 Å². The van der Waals surface area contributed by atoms with Gasteiger partial charge in [-0.3, -0.25) is 0 Å². The van der Waals surface area contributed by atoms with E-state index in [-0.39, 0.29) is 12.1 Å². The zero-order chi connectivity index (χ0) is 9.90. The van der Waals surface area contributed by atoms with Gasteiger partial charge in [0.1, 0.15) is 0 Å². The number of nitrogens with one attached hydrogen (secondary N) is 1. The fourth-order valence-corrected chi connectivity index (χ4v) is 2.43. The van der Waals surface area contributed by atoms with E-state index >= 15 is 0 Å². The quantitative estimate of drug-likeness (QED) is 0.466. The first-order valence-electron chi connectivity index (χ1n) is 4.11. The normalized spacial score (nSPS) is 30.3. The van der Waals surface area contributed by atoms with Gasteiger partial charge in [0.15, 0.2) is 0 Å². The highest BCUT2D eigenvalue weighted by Crippen LogP contribution is 2.21. The molecule has 0 spiro atoms. The van der Waals surface area contributed by atoms with Crippen LogP contribution in [-0.2, 0) is 14.4 Å². The topological polar surface area (TPSA) is 81.4 Å². The Kier molecular flexibility index (Phi) is 3.99. The van der Waals surface area contributed by atoms with Gasteiger partial charge in [-0.2, -0.15) is 13.1 Å². The molecular weight excluding hydrogens is 212 g/mol. The molecule has 0 aromatic heterocycles. The molecule has 7 heteroatoms. The molecule has 0 amide bonds. The highest BCUT2D eigenvalue weighted by atomic mass is 32.2. The fourth-order valence-electron chi connectivity index (χ4n) is 1.52.